The molecule has 1 aromatic carbocycles. The molecule has 3 rings (SSSR count). The molecule has 1 amide bonds. The summed E-state index contributed by atoms with van der Waals surface area (Å²) < 4.78 is 4.20. The lowest BCUT2D eigenvalue weighted by molar-refractivity contribution is -0.151. The Labute approximate surface area is 165 Å². The third kappa shape index (κ3) is 4.19. The van der Waals surface area contributed by atoms with Crippen LogP contribution < -0.4 is 5.32 Å². The van der Waals surface area contributed by atoms with Gasteiger partial charge in [-0.3, -0.25) is 9.59 Å². The van der Waals surface area contributed by atoms with E-state index in [2.05, 4.69) is 10.3 Å². The van der Waals surface area contributed by atoms with Crippen molar-refractivity contribution in [2.75, 3.05) is 5.32 Å². The van der Waals surface area contributed by atoms with E-state index in [1.54, 1.807) is 12.3 Å². The number of carbonyl (C=O) groups is 2. The minimum Gasteiger partial charge on any atom is -0.459 e. The number of hydrogen-bond acceptors (Lipinski definition) is 5. The Morgan fingerprint density at radius 2 is 1.96 bits per heavy atom. The molecule has 2 aromatic rings. The van der Waals surface area contributed by atoms with E-state index in [1.165, 1.54) is 11.3 Å². The molecule has 0 aliphatic heterocycles. The van der Waals surface area contributed by atoms with Gasteiger partial charge in [-0.25, -0.2) is 4.98 Å². The molecule has 1 aliphatic carbocycles. The highest BCUT2D eigenvalue weighted by atomic mass is 35.5. The summed E-state index contributed by atoms with van der Waals surface area (Å²) in [6, 6.07) is 7.57. The van der Waals surface area contributed by atoms with Gasteiger partial charge < -0.3 is 10.1 Å². The maximum atomic E-state index is 12.1. The van der Waals surface area contributed by atoms with Gasteiger partial charge in [0.25, 0.3) is 0 Å². The molecule has 0 radical (unpaired) electrons. The van der Waals surface area contributed by atoms with Crippen LogP contribution in [-0.4, -0.2) is 21.2 Å². The van der Waals surface area contributed by atoms with Gasteiger partial charge in [0.15, 0.2) is 0 Å². The number of benzene rings is 1. The Bertz CT molecular complexity index is 835. The van der Waals surface area contributed by atoms with Crippen molar-refractivity contribution >= 4 is 52.1 Å². The zero-order valence-corrected chi connectivity index (χ0v) is 16.7. The molecule has 0 spiro atoms. The summed E-state index contributed by atoms with van der Waals surface area (Å²) in [5.74, 6) is -0.583. The smallest absolute Gasteiger partial charge is 0.315 e. The highest BCUT2D eigenvalue weighted by Crippen LogP contribution is 2.64. The summed E-state index contributed by atoms with van der Waals surface area (Å²) in [4.78, 5) is 28.5. The SMILES string of the molecule is Cc1ccc(NC(=O)Cc2nc(COC(=O)[C@@]3(C)CC3(Cl)Cl)cs2)cc1. The lowest BCUT2D eigenvalue weighted by atomic mass is 10.1. The second-order valence-corrected chi connectivity index (χ2v) is 9.04. The van der Waals surface area contributed by atoms with E-state index in [-0.39, 0.29) is 18.9 Å². The number of ether oxygens (including phenoxy) is 1. The van der Waals surface area contributed by atoms with E-state index in [1.807, 2.05) is 31.2 Å². The number of carbonyl (C=O) groups excluding carboxylic acids is 2. The third-order valence-corrected chi connectivity index (χ3v) is 6.31. The van der Waals surface area contributed by atoms with E-state index in [0.717, 1.165) is 11.3 Å². The van der Waals surface area contributed by atoms with Gasteiger partial charge in [-0.05, 0) is 26.0 Å². The van der Waals surface area contributed by atoms with Crippen LogP contribution >= 0.6 is 34.5 Å². The molecule has 5 nitrogen and oxygen atoms in total. The van der Waals surface area contributed by atoms with Crippen molar-refractivity contribution in [1.82, 2.24) is 4.98 Å². The number of thiazole rings is 1. The topological polar surface area (TPSA) is 68.3 Å². The van der Waals surface area contributed by atoms with Crippen LogP contribution in [0.1, 0.15) is 29.6 Å². The zero-order valence-electron chi connectivity index (χ0n) is 14.3. The maximum Gasteiger partial charge on any atom is 0.315 e. The van der Waals surface area contributed by atoms with Crippen LogP contribution in [0.2, 0.25) is 0 Å². The molecule has 1 aliphatic rings. The molecule has 1 fully saturated rings. The largest absolute Gasteiger partial charge is 0.459 e. The number of rotatable bonds is 6. The lowest BCUT2D eigenvalue weighted by Gasteiger charge is -2.10. The predicted octanol–water partition coefficient (Wildman–Crippen LogP) is 4.26. The van der Waals surface area contributed by atoms with Gasteiger partial charge in [0.1, 0.15) is 21.4 Å². The van der Waals surface area contributed by atoms with Crippen LogP contribution in [0.5, 0.6) is 0 Å². The average Bonchev–Trinajstić information content (AvgIpc) is 2.91. The first kappa shape index (κ1) is 19.1. The number of alkyl halides is 2. The van der Waals surface area contributed by atoms with Gasteiger partial charge in [-0.2, -0.15) is 0 Å². The fourth-order valence-electron chi connectivity index (χ4n) is 2.40. The highest BCUT2D eigenvalue weighted by Gasteiger charge is 2.69. The minimum atomic E-state index is -1.05. The number of nitrogens with one attached hydrogen (secondary N) is 1. The molecule has 138 valence electrons. The standard InChI is InChI=1S/C18H18Cl2N2O3S/c1-11-3-5-12(6-4-11)21-14(23)7-15-22-13(9-26-15)8-25-16(24)17(2)10-18(17,19)20/h3-6,9H,7-8,10H2,1-2H3,(H,21,23)/t17-/m1/s1. The molecule has 0 saturated heterocycles. The first-order valence-electron chi connectivity index (χ1n) is 8.04. The second kappa shape index (κ2) is 7.18. The summed E-state index contributed by atoms with van der Waals surface area (Å²) in [5, 5.41) is 5.25. The molecule has 8 heteroatoms. The van der Waals surface area contributed by atoms with Crippen LogP contribution in [-0.2, 0) is 27.4 Å². The summed E-state index contributed by atoms with van der Waals surface area (Å²) in [6.07, 6.45) is 0.542. The number of hydrogen-bond donors (Lipinski definition) is 1. The van der Waals surface area contributed by atoms with Crippen LogP contribution in [0.25, 0.3) is 0 Å². The average molecular weight is 413 g/mol. The molecular formula is C18H18Cl2N2O3S. The van der Waals surface area contributed by atoms with Crippen molar-refractivity contribution in [2.45, 2.75) is 37.6 Å². The van der Waals surface area contributed by atoms with Gasteiger partial charge >= 0.3 is 5.97 Å². The molecular weight excluding hydrogens is 395 g/mol. The summed E-state index contributed by atoms with van der Waals surface area (Å²) in [7, 11) is 0. The van der Waals surface area contributed by atoms with Crippen molar-refractivity contribution in [3.8, 4) is 0 Å². The minimum absolute atomic E-state index is 0.0361. The van der Waals surface area contributed by atoms with Crippen molar-refractivity contribution < 1.29 is 14.3 Å². The van der Waals surface area contributed by atoms with E-state index >= 15 is 0 Å². The highest BCUT2D eigenvalue weighted by molar-refractivity contribution is 7.09. The van der Waals surface area contributed by atoms with Gasteiger partial charge in [0.05, 0.1) is 12.1 Å². The van der Waals surface area contributed by atoms with Crippen molar-refractivity contribution in [2.24, 2.45) is 5.41 Å². The Morgan fingerprint density at radius 1 is 1.31 bits per heavy atom. The molecule has 1 N–H and O–H groups in total. The van der Waals surface area contributed by atoms with Crippen LogP contribution in [0.4, 0.5) is 5.69 Å². The fraction of sp³-hybridized carbons (Fsp3) is 0.389. The van der Waals surface area contributed by atoms with Gasteiger partial charge in [-0.15, -0.1) is 34.5 Å². The molecule has 0 unspecified atom stereocenters. The van der Waals surface area contributed by atoms with E-state index in [4.69, 9.17) is 27.9 Å². The molecule has 0 bridgehead atoms. The number of aryl methyl sites for hydroxylation is 1. The Hall–Kier alpha value is -1.63. The molecule has 1 aromatic heterocycles. The van der Waals surface area contributed by atoms with Gasteiger partial charge in [0, 0.05) is 17.5 Å². The van der Waals surface area contributed by atoms with E-state index in [0.29, 0.717) is 17.1 Å². The van der Waals surface area contributed by atoms with Crippen LogP contribution in [0, 0.1) is 12.3 Å². The molecule has 26 heavy (non-hydrogen) atoms. The number of esters is 1. The van der Waals surface area contributed by atoms with Crippen LogP contribution in [0.3, 0.4) is 0 Å². The molecule has 1 atom stereocenters. The number of aromatic nitrogens is 1. The quantitative estimate of drug-likeness (QED) is 0.568. The predicted molar refractivity (Wildman–Crippen MR) is 103 cm³/mol. The molecule has 1 heterocycles. The fourth-order valence-corrected chi connectivity index (χ4v) is 3.86. The monoisotopic (exact) mass is 412 g/mol. The van der Waals surface area contributed by atoms with Crippen LogP contribution in [0.15, 0.2) is 29.6 Å². The number of halogens is 2. The normalized spacial score (nSPS) is 20.5. The van der Waals surface area contributed by atoms with E-state index in [9.17, 15) is 9.59 Å². The Kier molecular flexibility index (Phi) is 5.28. The van der Waals surface area contributed by atoms with Gasteiger partial charge in [-0.1, -0.05) is 17.7 Å². The second-order valence-electron chi connectivity index (χ2n) is 6.61. The first-order valence-corrected chi connectivity index (χ1v) is 9.68. The Balaban J connectivity index is 1.49. The molecule has 1 saturated carbocycles. The number of anilines is 1. The first-order chi connectivity index (χ1) is 12.2. The number of amides is 1. The Morgan fingerprint density at radius 3 is 2.58 bits per heavy atom. The summed E-state index contributed by atoms with van der Waals surface area (Å²) in [6.45, 7) is 3.70. The summed E-state index contributed by atoms with van der Waals surface area (Å²) in [5.41, 5.74) is 1.61. The van der Waals surface area contributed by atoms with E-state index < -0.39 is 15.7 Å². The van der Waals surface area contributed by atoms with Crippen molar-refractivity contribution in [1.29, 1.82) is 0 Å². The third-order valence-electron chi connectivity index (χ3n) is 4.31. The zero-order chi connectivity index (χ0) is 18.9. The van der Waals surface area contributed by atoms with Crippen molar-refractivity contribution in [3.63, 3.8) is 0 Å². The van der Waals surface area contributed by atoms with Crippen molar-refractivity contribution in [3.05, 3.63) is 45.9 Å². The maximum absolute atomic E-state index is 12.1. The lowest BCUT2D eigenvalue weighted by Crippen LogP contribution is -2.21. The number of nitrogens with zero attached hydrogens (tertiary/aromatic N) is 1. The van der Waals surface area contributed by atoms with Gasteiger partial charge in [0.2, 0.25) is 5.91 Å². The summed E-state index contributed by atoms with van der Waals surface area (Å²) >= 11 is 13.3.